The lowest BCUT2D eigenvalue weighted by atomic mass is 10.1. The van der Waals surface area contributed by atoms with Crippen molar-refractivity contribution < 1.29 is 14.0 Å². The van der Waals surface area contributed by atoms with Crippen molar-refractivity contribution in [1.29, 1.82) is 0 Å². The molecule has 0 saturated heterocycles. The summed E-state index contributed by atoms with van der Waals surface area (Å²) in [6.45, 7) is 3.94. The molecular weight excluding hydrogens is 390 g/mol. The summed E-state index contributed by atoms with van der Waals surface area (Å²) in [6.07, 6.45) is 2.48. The van der Waals surface area contributed by atoms with E-state index in [0.29, 0.717) is 16.7 Å². The van der Waals surface area contributed by atoms with E-state index in [-0.39, 0.29) is 24.2 Å². The molecule has 0 saturated carbocycles. The monoisotopic (exact) mass is 413 g/mol. The Morgan fingerprint density at radius 2 is 2.00 bits per heavy atom. The van der Waals surface area contributed by atoms with Crippen LogP contribution in [0.5, 0.6) is 0 Å². The maximum atomic E-state index is 12.4. The number of nitrogens with one attached hydrogen (secondary N) is 1. The fourth-order valence-corrected chi connectivity index (χ4v) is 3.57. The highest BCUT2D eigenvalue weighted by Crippen LogP contribution is 2.24. The van der Waals surface area contributed by atoms with Gasteiger partial charge in [-0.1, -0.05) is 43.0 Å². The van der Waals surface area contributed by atoms with Gasteiger partial charge in [-0.25, -0.2) is 0 Å². The van der Waals surface area contributed by atoms with Crippen LogP contribution >= 0.6 is 11.8 Å². The SMILES string of the molecule is CCc1ccc([C@H](C)NC(=O)CSc2nnc(-c3ccco3)n2CC(N)=O)cc1. The van der Waals surface area contributed by atoms with Gasteiger partial charge in [-0.2, -0.15) is 0 Å². The Morgan fingerprint density at radius 1 is 1.24 bits per heavy atom. The number of nitrogens with two attached hydrogens (primary N) is 1. The second-order valence-electron chi connectivity index (χ2n) is 6.51. The first kappa shape index (κ1) is 20.7. The van der Waals surface area contributed by atoms with Gasteiger partial charge in [0.1, 0.15) is 6.54 Å². The summed E-state index contributed by atoms with van der Waals surface area (Å²) in [7, 11) is 0. The maximum Gasteiger partial charge on any atom is 0.237 e. The van der Waals surface area contributed by atoms with Gasteiger partial charge < -0.3 is 15.5 Å². The molecule has 0 radical (unpaired) electrons. The van der Waals surface area contributed by atoms with E-state index in [1.54, 1.807) is 16.7 Å². The Morgan fingerprint density at radius 3 is 2.62 bits per heavy atom. The normalized spacial score (nSPS) is 11.9. The minimum atomic E-state index is -0.534. The van der Waals surface area contributed by atoms with Crippen molar-refractivity contribution in [3.05, 3.63) is 53.8 Å². The number of amides is 2. The molecule has 0 unspecified atom stereocenters. The third-order valence-corrected chi connectivity index (χ3v) is 5.34. The Balaban J connectivity index is 1.64. The average molecular weight is 414 g/mol. The van der Waals surface area contributed by atoms with Crippen LogP contribution in [0.25, 0.3) is 11.6 Å². The van der Waals surface area contributed by atoms with Crippen LogP contribution in [0.1, 0.15) is 31.0 Å². The van der Waals surface area contributed by atoms with Crippen molar-refractivity contribution in [2.75, 3.05) is 5.75 Å². The summed E-state index contributed by atoms with van der Waals surface area (Å²) < 4.78 is 6.88. The summed E-state index contributed by atoms with van der Waals surface area (Å²) in [6, 6.07) is 11.5. The van der Waals surface area contributed by atoms with Gasteiger partial charge in [-0.15, -0.1) is 10.2 Å². The summed E-state index contributed by atoms with van der Waals surface area (Å²) in [5.41, 5.74) is 7.64. The minimum Gasteiger partial charge on any atom is -0.461 e. The zero-order chi connectivity index (χ0) is 20.8. The van der Waals surface area contributed by atoms with Crippen LogP contribution in [-0.2, 0) is 22.6 Å². The minimum absolute atomic E-state index is 0.104. The number of aryl methyl sites for hydroxylation is 1. The average Bonchev–Trinajstić information content (AvgIpc) is 3.36. The maximum absolute atomic E-state index is 12.4. The van der Waals surface area contributed by atoms with Gasteiger partial charge in [-0.3, -0.25) is 14.2 Å². The molecule has 2 aromatic heterocycles. The lowest BCUT2D eigenvalue weighted by Gasteiger charge is -2.14. The van der Waals surface area contributed by atoms with Crippen molar-refractivity contribution >= 4 is 23.6 Å². The molecule has 0 spiro atoms. The molecule has 2 heterocycles. The number of hydrogen-bond acceptors (Lipinski definition) is 6. The largest absolute Gasteiger partial charge is 0.461 e. The third kappa shape index (κ3) is 5.26. The molecule has 0 aliphatic heterocycles. The number of benzene rings is 1. The van der Waals surface area contributed by atoms with Crippen LogP contribution < -0.4 is 11.1 Å². The second kappa shape index (κ2) is 9.42. The highest BCUT2D eigenvalue weighted by Gasteiger charge is 2.19. The molecule has 152 valence electrons. The van der Waals surface area contributed by atoms with E-state index in [9.17, 15) is 9.59 Å². The first-order valence-corrected chi connectivity index (χ1v) is 10.2. The van der Waals surface area contributed by atoms with Crippen molar-refractivity contribution in [1.82, 2.24) is 20.1 Å². The van der Waals surface area contributed by atoms with Crippen molar-refractivity contribution in [3.63, 3.8) is 0 Å². The predicted octanol–water partition coefficient (Wildman–Crippen LogP) is 2.56. The number of rotatable bonds is 9. The molecule has 29 heavy (non-hydrogen) atoms. The van der Waals surface area contributed by atoms with Crippen LogP contribution in [-0.4, -0.2) is 32.3 Å². The molecule has 0 fully saturated rings. The number of primary amides is 1. The molecule has 2 amide bonds. The van der Waals surface area contributed by atoms with E-state index in [1.165, 1.54) is 23.6 Å². The van der Waals surface area contributed by atoms with Crippen LogP contribution in [0.2, 0.25) is 0 Å². The van der Waals surface area contributed by atoms with Gasteiger partial charge in [0, 0.05) is 0 Å². The molecule has 9 heteroatoms. The van der Waals surface area contributed by atoms with Gasteiger partial charge in [-0.05, 0) is 36.6 Å². The fraction of sp³-hybridized carbons (Fsp3) is 0.300. The van der Waals surface area contributed by atoms with E-state index < -0.39 is 5.91 Å². The van der Waals surface area contributed by atoms with Crippen LogP contribution in [0.3, 0.4) is 0 Å². The van der Waals surface area contributed by atoms with E-state index >= 15 is 0 Å². The first-order valence-electron chi connectivity index (χ1n) is 9.24. The van der Waals surface area contributed by atoms with Crippen molar-refractivity contribution in [2.24, 2.45) is 5.73 Å². The zero-order valence-electron chi connectivity index (χ0n) is 16.3. The van der Waals surface area contributed by atoms with Crippen LogP contribution in [0, 0.1) is 0 Å². The molecule has 0 bridgehead atoms. The molecule has 1 aromatic carbocycles. The van der Waals surface area contributed by atoms with Gasteiger partial charge in [0.15, 0.2) is 10.9 Å². The highest BCUT2D eigenvalue weighted by atomic mass is 32.2. The van der Waals surface area contributed by atoms with Crippen LogP contribution in [0.15, 0.2) is 52.2 Å². The van der Waals surface area contributed by atoms with E-state index in [1.807, 2.05) is 19.1 Å². The summed E-state index contributed by atoms with van der Waals surface area (Å²) in [4.78, 5) is 23.8. The summed E-state index contributed by atoms with van der Waals surface area (Å²) >= 11 is 1.19. The molecule has 3 aromatic rings. The summed E-state index contributed by atoms with van der Waals surface area (Å²) in [5.74, 6) is 0.315. The molecule has 3 rings (SSSR count). The molecule has 1 atom stereocenters. The number of aromatic nitrogens is 3. The molecule has 8 nitrogen and oxygen atoms in total. The predicted molar refractivity (Wildman–Crippen MR) is 110 cm³/mol. The Bertz CT molecular complexity index is 967. The van der Waals surface area contributed by atoms with Gasteiger partial charge >= 0.3 is 0 Å². The van der Waals surface area contributed by atoms with E-state index in [0.717, 1.165) is 12.0 Å². The van der Waals surface area contributed by atoms with E-state index in [2.05, 4.69) is 34.6 Å². The Hall–Kier alpha value is -3.07. The number of hydrogen-bond donors (Lipinski definition) is 2. The first-order chi connectivity index (χ1) is 14.0. The number of nitrogens with zero attached hydrogens (tertiary/aromatic N) is 3. The number of thioether (sulfide) groups is 1. The lowest BCUT2D eigenvalue weighted by molar-refractivity contribution is -0.119. The number of furan rings is 1. The Kier molecular flexibility index (Phi) is 6.71. The molecule has 0 aliphatic rings. The number of carbonyl (C=O) groups excluding carboxylic acids is 2. The summed E-state index contributed by atoms with van der Waals surface area (Å²) in [5, 5.41) is 11.5. The quantitative estimate of drug-likeness (QED) is 0.521. The fourth-order valence-electron chi connectivity index (χ4n) is 2.82. The zero-order valence-corrected chi connectivity index (χ0v) is 17.1. The van der Waals surface area contributed by atoms with Crippen LogP contribution in [0.4, 0.5) is 0 Å². The van der Waals surface area contributed by atoms with Crippen molar-refractivity contribution in [3.8, 4) is 11.6 Å². The Labute approximate surface area is 172 Å². The third-order valence-electron chi connectivity index (χ3n) is 4.37. The highest BCUT2D eigenvalue weighted by molar-refractivity contribution is 7.99. The molecular formula is C20H23N5O3S. The molecule has 3 N–H and O–H groups in total. The topological polar surface area (TPSA) is 116 Å². The van der Waals surface area contributed by atoms with Gasteiger partial charge in [0.2, 0.25) is 17.6 Å². The van der Waals surface area contributed by atoms with Gasteiger partial charge in [0.25, 0.3) is 0 Å². The number of carbonyl (C=O) groups is 2. The lowest BCUT2D eigenvalue weighted by Crippen LogP contribution is -2.28. The van der Waals surface area contributed by atoms with Gasteiger partial charge in [0.05, 0.1) is 18.1 Å². The van der Waals surface area contributed by atoms with E-state index in [4.69, 9.17) is 10.2 Å². The standard InChI is InChI=1S/C20H23N5O3S/c1-3-14-6-8-15(9-7-14)13(2)22-18(27)12-29-20-24-23-19(16-5-4-10-28-16)25(20)11-17(21)26/h4-10,13H,3,11-12H2,1-2H3,(H2,21,26)(H,22,27)/t13-/m0/s1. The molecule has 0 aliphatic carbocycles. The van der Waals surface area contributed by atoms with Crippen molar-refractivity contribution in [2.45, 2.75) is 38.0 Å². The smallest absolute Gasteiger partial charge is 0.237 e. The second-order valence-corrected chi connectivity index (χ2v) is 7.45.